The van der Waals surface area contributed by atoms with Crippen LogP contribution in [0.15, 0.2) is 12.1 Å². The molecule has 0 spiro atoms. The van der Waals surface area contributed by atoms with Gasteiger partial charge in [-0.05, 0) is 18.6 Å². The monoisotopic (exact) mass is 336 g/mol. The van der Waals surface area contributed by atoms with Gasteiger partial charge in [0.05, 0.1) is 15.1 Å². The lowest BCUT2D eigenvalue weighted by Gasteiger charge is -2.17. The van der Waals surface area contributed by atoms with Crippen molar-refractivity contribution in [2.45, 2.75) is 26.8 Å². The number of amides is 1. The molecule has 2 N–H and O–H groups in total. The molecule has 112 valence electrons. The summed E-state index contributed by atoms with van der Waals surface area (Å²) >= 11 is 18.1. The summed E-state index contributed by atoms with van der Waals surface area (Å²) in [5.74, 6) is 0.0453. The maximum Gasteiger partial charge on any atom is 0.222 e. The number of hydrogen-bond donors (Lipinski definition) is 2. The minimum Gasteiger partial charge on any atom is -0.355 e. The molecule has 1 atom stereocenters. The molecule has 1 aromatic rings. The Morgan fingerprint density at radius 3 is 2.35 bits per heavy atom. The Labute approximate surface area is 135 Å². The van der Waals surface area contributed by atoms with Gasteiger partial charge in [0.1, 0.15) is 0 Å². The van der Waals surface area contributed by atoms with Crippen molar-refractivity contribution < 1.29 is 4.79 Å². The highest BCUT2D eigenvalue weighted by atomic mass is 35.5. The molecule has 6 heteroatoms. The number of carbonyl (C=O) groups is 1. The van der Waals surface area contributed by atoms with Crippen molar-refractivity contribution in [2.24, 2.45) is 5.92 Å². The summed E-state index contributed by atoms with van der Waals surface area (Å²) in [5.41, 5.74) is 0.885. The molecule has 0 heterocycles. The summed E-state index contributed by atoms with van der Waals surface area (Å²) in [4.78, 5) is 11.4. The second-order valence-electron chi connectivity index (χ2n) is 4.89. The smallest absolute Gasteiger partial charge is 0.222 e. The third-order valence-corrected chi connectivity index (χ3v) is 4.24. The first-order valence-electron chi connectivity index (χ1n) is 6.49. The first kappa shape index (κ1) is 17.6. The van der Waals surface area contributed by atoms with Crippen molar-refractivity contribution in [1.29, 1.82) is 0 Å². The van der Waals surface area contributed by atoms with Crippen molar-refractivity contribution in [1.82, 2.24) is 10.6 Å². The van der Waals surface area contributed by atoms with E-state index in [4.69, 9.17) is 34.8 Å². The summed E-state index contributed by atoms with van der Waals surface area (Å²) in [7, 11) is 0. The Morgan fingerprint density at radius 1 is 1.10 bits per heavy atom. The van der Waals surface area contributed by atoms with E-state index in [1.54, 1.807) is 6.07 Å². The molecule has 20 heavy (non-hydrogen) atoms. The molecule has 1 rings (SSSR count). The molecule has 0 saturated heterocycles. The van der Waals surface area contributed by atoms with E-state index in [1.807, 2.05) is 26.8 Å². The predicted molar refractivity (Wildman–Crippen MR) is 85.7 cm³/mol. The Hall–Kier alpha value is -0.480. The third kappa shape index (κ3) is 4.81. The maximum atomic E-state index is 11.4. The molecule has 1 aromatic carbocycles. The van der Waals surface area contributed by atoms with Crippen molar-refractivity contribution in [3.05, 3.63) is 32.8 Å². The molecule has 0 bridgehead atoms. The van der Waals surface area contributed by atoms with Gasteiger partial charge in [-0.15, -0.1) is 0 Å². The van der Waals surface area contributed by atoms with E-state index in [0.29, 0.717) is 28.2 Å². The zero-order valence-corrected chi connectivity index (χ0v) is 14.0. The summed E-state index contributed by atoms with van der Waals surface area (Å²) in [6.45, 7) is 6.92. The number of hydrogen-bond acceptors (Lipinski definition) is 2. The fourth-order valence-electron chi connectivity index (χ4n) is 1.66. The van der Waals surface area contributed by atoms with E-state index in [2.05, 4.69) is 10.6 Å². The van der Waals surface area contributed by atoms with E-state index in [-0.39, 0.29) is 17.9 Å². The van der Waals surface area contributed by atoms with Gasteiger partial charge < -0.3 is 10.6 Å². The lowest BCUT2D eigenvalue weighted by atomic mass is 10.1. The Kier molecular flexibility index (Phi) is 7.10. The third-order valence-electron chi connectivity index (χ3n) is 2.93. The van der Waals surface area contributed by atoms with Gasteiger partial charge in [0, 0.05) is 25.0 Å². The normalized spacial score (nSPS) is 12.6. The van der Waals surface area contributed by atoms with Crippen molar-refractivity contribution >= 4 is 40.7 Å². The molecule has 0 aliphatic carbocycles. The fourth-order valence-corrected chi connectivity index (χ4v) is 2.37. The summed E-state index contributed by atoms with van der Waals surface area (Å²) < 4.78 is 0. The lowest BCUT2D eigenvalue weighted by Crippen LogP contribution is -2.35. The zero-order chi connectivity index (χ0) is 15.3. The van der Waals surface area contributed by atoms with Crippen LogP contribution in [0.1, 0.15) is 32.4 Å². The number of benzene rings is 1. The topological polar surface area (TPSA) is 41.1 Å². The van der Waals surface area contributed by atoms with Crippen LogP contribution in [-0.2, 0) is 4.79 Å². The average Bonchev–Trinajstić information content (AvgIpc) is 2.40. The van der Waals surface area contributed by atoms with Crippen LogP contribution in [0.25, 0.3) is 0 Å². The van der Waals surface area contributed by atoms with Crippen LogP contribution in [0, 0.1) is 5.92 Å². The average molecular weight is 338 g/mol. The van der Waals surface area contributed by atoms with Crippen LogP contribution in [0.2, 0.25) is 15.1 Å². The van der Waals surface area contributed by atoms with Crippen LogP contribution >= 0.6 is 34.8 Å². The van der Waals surface area contributed by atoms with Gasteiger partial charge in [0.15, 0.2) is 0 Å². The minimum atomic E-state index is -0.00283. The second kappa shape index (κ2) is 8.08. The molecule has 0 saturated carbocycles. The molecule has 0 aliphatic heterocycles. The number of halogens is 3. The van der Waals surface area contributed by atoms with Gasteiger partial charge in [0.2, 0.25) is 5.91 Å². The summed E-state index contributed by atoms with van der Waals surface area (Å²) in [6, 6.07) is 3.60. The van der Waals surface area contributed by atoms with E-state index in [1.165, 1.54) is 0 Å². The molecule has 1 amide bonds. The van der Waals surface area contributed by atoms with Crippen molar-refractivity contribution in [3.8, 4) is 0 Å². The van der Waals surface area contributed by atoms with E-state index in [9.17, 15) is 4.79 Å². The predicted octanol–water partition coefficient (Wildman–Crippen LogP) is 4.07. The second-order valence-corrected chi connectivity index (χ2v) is 6.05. The first-order valence-corrected chi connectivity index (χ1v) is 7.62. The molecule has 1 unspecified atom stereocenters. The maximum absolute atomic E-state index is 11.4. The molecule has 0 fully saturated rings. The largest absolute Gasteiger partial charge is 0.355 e. The van der Waals surface area contributed by atoms with Gasteiger partial charge in [-0.25, -0.2) is 0 Å². The van der Waals surface area contributed by atoms with E-state index >= 15 is 0 Å². The Balaban J connectivity index is 2.50. The van der Waals surface area contributed by atoms with Crippen LogP contribution in [0.3, 0.4) is 0 Å². The molecule has 3 nitrogen and oxygen atoms in total. The van der Waals surface area contributed by atoms with E-state index in [0.717, 1.165) is 5.56 Å². The van der Waals surface area contributed by atoms with E-state index < -0.39 is 0 Å². The SMILES string of the molecule is CC(C)C(=O)NCCNC(C)c1ccc(Cl)c(Cl)c1Cl. The van der Waals surface area contributed by atoms with Crippen LogP contribution in [-0.4, -0.2) is 19.0 Å². The molecule has 0 aromatic heterocycles. The molecule has 0 aliphatic rings. The van der Waals surface area contributed by atoms with Crippen molar-refractivity contribution in [2.75, 3.05) is 13.1 Å². The van der Waals surface area contributed by atoms with Crippen LogP contribution in [0.5, 0.6) is 0 Å². The number of carbonyl (C=O) groups excluding carboxylic acids is 1. The molecular weight excluding hydrogens is 319 g/mol. The Bertz CT molecular complexity index is 478. The first-order chi connectivity index (χ1) is 9.34. The highest BCUT2D eigenvalue weighted by Crippen LogP contribution is 2.35. The fraction of sp³-hybridized carbons (Fsp3) is 0.500. The zero-order valence-electron chi connectivity index (χ0n) is 11.8. The summed E-state index contributed by atoms with van der Waals surface area (Å²) in [5, 5.41) is 7.40. The van der Waals surface area contributed by atoms with Crippen LogP contribution in [0.4, 0.5) is 0 Å². The van der Waals surface area contributed by atoms with Crippen LogP contribution < -0.4 is 10.6 Å². The quantitative estimate of drug-likeness (QED) is 0.607. The summed E-state index contributed by atoms with van der Waals surface area (Å²) in [6.07, 6.45) is 0. The number of rotatable bonds is 6. The highest BCUT2D eigenvalue weighted by Gasteiger charge is 2.14. The van der Waals surface area contributed by atoms with Gasteiger partial charge >= 0.3 is 0 Å². The Morgan fingerprint density at radius 2 is 1.75 bits per heavy atom. The van der Waals surface area contributed by atoms with Gasteiger partial charge in [-0.1, -0.05) is 54.7 Å². The standard InChI is InChI=1S/C14H19Cl3N2O/c1-8(2)14(20)19-7-6-18-9(3)10-4-5-11(15)13(17)12(10)16/h4-5,8-9,18H,6-7H2,1-3H3,(H,19,20). The highest BCUT2D eigenvalue weighted by molar-refractivity contribution is 6.48. The van der Waals surface area contributed by atoms with Gasteiger partial charge in [0.25, 0.3) is 0 Å². The van der Waals surface area contributed by atoms with Crippen molar-refractivity contribution in [3.63, 3.8) is 0 Å². The van der Waals surface area contributed by atoms with Gasteiger partial charge in [-0.3, -0.25) is 4.79 Å². The van der Waals surface area contributed by atoms with Gasteiger partial charge in [-0.2, -0.15) is 0 Å². The molecule has 0 radical (unpaired) electrons. The number of nitrogens with one attached hydrogen (secondary N) is 2. The minimum absolute atomic E-state index is 0.00283. The lowest BCUT2D eigenvalue weighted by molar-refractivity contribution is -0.123. The molecular formula is C14H19Cl3N2O.